The summed E-state index contributed by atoms with van der Waals surface area (Å²) in [4.78, 5) is 25.8. The molecule has 1 aliphatic heterocycles. The Hall–Kier alpha value is -1.63. The average molecular weight is 342 g/mol. The van der Waals surface area contributed by atoms with Gasteiger partial charge in [0.15, 0.2) is 0 Å². The van der Waals surface area contributed by atoms with Gasteiger partial charge in [-0.05, 0) is 37.5 Å². The minimum absolute atomic E-state index is 0. The van der Waals surface area contributed by atoms with Crippen LogP contribution in [0.3, 0.4) is 0 Å². The van der Waals surface area contributed by atoms with Crippen LogP contribution >= 0.6 is 12.4 Å². The van der Waals surface area contributed by atoms with Crippen LogP contribution < -0.4 is 11.1 Å². The van der Waals surface area contributed by atoms with Gasteiger partial charge < -0.3 is 20.7 Å². The van der Waals surface area contributed by atoms with Crippen LogP contribution in [0.1, 0.15) is 28.8 Å². The number of nitrogens with zero attached hydrogens (tertiary/aromatic N) is 1. The molecule has 1 saturated heterocycles. The third-order valence-electron chi connectivity index (χ3n) is 3.81. The highest BCUT2D eigenvalue weighted by Gasteiger charge is 2.30. The molecule has 1 heterocycles. The summed E-state index contributed by atoms with van der Waals surface area (Å²) in [5, 5.41) is 2.86. The highest BCUT2D eigenvalue weighted by Crippen LogP contribution is 2.22. The number of anilines is 1. The number of carbonyl (C=O) groups excluding carboxylic acids is 2. The van der Waals surface area contributed by atoms with Crippen molar-refractivity contribution in [1.82, 2.24) is 4.90 Å². The van der Waals surface area contributed by atoms with Gasteiger partial charge in [0.25, 0.3) is 11.8 Å². The van der Waals surface area contributed by atoms with E-state index in [1.54, 1.807) is 26.2 Å². The number of hydrogen-bond acceptors (Lipinski definition) is 4. The molecule has 0 saturated carbocycles. The molecule has 2 atom stereocenters. The van der Waals surface area contributed by atoms with Gasteiger partial charge in [-0.15, -0.1) is 12.4 Å². The molecule has 0 bridgehead atoms. The molecule has 0 unspecified atom stereocenters. The van der Waals surface area contributed by atoms with E-state index in [0.29, 0.717) is 24.2 Å². The second-order valence-electron chi connectivity index (χ2n) is 5.78. The zero-order valence-electron chi connectivity index (χ0n) is 13.7. The number of nitrogens with one attached hydrogen (secondary N) is 1. The maximum Gasteiger partial charge on any atom is 0.253 e. The van der Waals surface area contributed by atoms with Crippen molar-refractivity contribution in [3.8, 4) is 0 Å². The average Bonchev–Trinajstić information content (AvgIpc) is 2.97. The van der Waals surface area contributed by atoms with Gasteiger partial charge >= 0.3 is 0 Å². The topological polar surface area (TPSA) is 84.7 Å². The molecule has 3 N–H and O–H groups in total. The van der Waals surface area contributed by atoms with Crippen molar-refractivity contribution in [2.75, 3.05) is 26.0 Å². The van der Waals surface area contributed by atoms with Gasteiger partial charge in [0.2, 0.25) is 0 Å². The number of nitrogens with two attached hydrogens (primary N) is 1. The van der Waals surface area contributed by atoms with Crippen molar-refractivity contribution in [1.29, 1.82) is 0 Å². The molecule has 0 aliphatic carbocycles. The molecule has 1 aromatic rings. The van der Waals surface area contributed by atoms with Crippen molar-refractivity contribution in [2.45, 2.75) is 32.0 Å². The molecule has 23 heavy (non-hydrogen) atoms. The molecular formula is C16H24ClN3O3. The van der Waals surface area contributed by atoms with Crippen LogP contribution in [0.25, 0.3) is 0 Å². The van der Waals surface area contributed by atoms with Gasteiger partial charge in [-0.25, -0.2) is 0 Å². The lowest BCUT2D eigenvalue weighted by molar-refractivity contribution is -0.126. The highest BCUT2D eigenvalue weighted by atomic mass is 35.5. The van der Waals surface area contributed by atoms with E-state index < -0.39 is 6.10 Å². The molecule has 0 radical (unpaired) electrons. The fourth-order valence-electron chi connectivity index (χ4n) is 2.43. The van der Waals surface area contributed by atoms with Gasteiger partial charge in [-0.2, -0.15) is 0 Å². The summed E-state index contributed by atoms with van der Waals surface area (Å²) in [5.41, 5.74) is 7.63. The van der Waals surface area contributed by atoms with E-state index in [1.807, 2.05) is 13.0 Å². The lowest BCUT2D eigenvalue weighted by Crippen LogP contribution is -2.30. The molecule has 1 aromatic carbocycles. The third kappa shape index (κ3) is 4.67. The first-order valence-electron chi connectivity index (χ1n) is 7.41. The molecule has 6 nitrogen and oxygen atoms in total. The van der Waals surface area contributed by atoms with Crippen molar-refractivity contribution < 1.29 is 14.3 Å². The van der Waals surface area contributed by atoms with E-state index in [2.05, 4.69) is 5.32 Å². The number of hydrogen-bond donors (Lipinski definition) is 2. The summed E-state index contributed by atoms with van der Waals surface area (Å²) in [5.74, 6) is -0.288. The van der Waals surface area contributed by atoms with E-state index in [4.69, 9.17) is 10.5 Å². The summed E-state index contributed by atoms with van der Waals surface area (Å²) in [6, 6.07) is 5.28. The van der Waals surface area contributed by atoms with Gasteiger partial charge in [0.05, 0.1) is 6.10 Å². The van der Waals surface area contributed by atoms with E-state index in [0.717, 1.165) is 12.0 Å². The van der Waals surface area contributed by atoms with E-state index in [-0.39, 0.29) is 30.3 Å². The molecule has 0 spiro atoms. The molecule has 0 aromatic heterocycles. The Balaban J connectivity index is 0.00000264. The first-order valence-corrected chi connectivity index (χ1v) is 7.41. The largest absolute Gasteiger partial charge is 0.364 e. The Kier molecular flexibility index (Phi) is 7.00. The minimum Gasteiger partial charge on any atom is -0.364 e. The smallest absolute Gasteiger partial charge is 0.253 e. The first-order chi connectivity index (χ1) is 10.4. The number of carbonyl (C=O) groups is 2. The summed E-state index contributed by atoms with van der Waals surface area (Å²) in [6.07, 6.45) is 0.954. The van der Waals surface area contributed by atoms with Gasteiger partial charge in [0.1, 0.15) is 6.10 Å². The molecule has 128 valence electrons. The van der Waals surface area contributed by atoms with Crippen LogP contribution in [0.15, 0.2) is 18.2 Å². The van der Waals surface area contributed by atoms with E-state index >= 15 is 0 Å². The molecule has 7 heteroatoms. The van der Waals surface area contributed by atoms with Crippen LogP contribution in [-0.2, 0) is 9.53 Å². The Morgan fingerprint density at radius 1 is 1.35 bits per heavy atom. The van der Waals surface area contributed by atoms with Crippen LogP contribution in [-0.4, -0.2) is 49.6 Å². The number of rotatable bonds is 4. The van der Waals surface area contributed by atoms with E-state index in [1.165, 1.54) is 4.90 Å². The third-order valence-corrected chi connectivity index (χ3v) is 3.81. The summed E-state index contributed by atoms with van der Waals surface area (Å²) in [7, 11) is 3.39. The quantitative estimate of drug-likeness (QED) is 0.870. The second kappa shape index (κ2) is 8.29. The summed E-state index contributed by atoms with van der Waals surface area (Å²) in [6.45, 7) is 2.31. The minimum atomic E-state index is -0.471. The van der Waals surface area contributed by atoms with Crippen LogP contribution in [0.2, 0.25) is 0 Å². The van der Waals surface area contributed by atoms with Crippen molar-refractivity contribution in [2.24, 2.45) is 5.73 Å². The second-order valence-corrected chi connectivity index (χ2v) is 5.78. The number of halogens is 1. The fraction of sp³-hybridized carbons (Fsp3) is 0.500. The number of benzene rings is 1. The fourth-order valence-corrected chi connectivity index (χ4v) is 2.43. The number of ether oxygens (including phenoxy) is 1. The van der Waals surface area contributed by atoms with Crippen LogP contribution in [0.4, 0.5) is 5.69 Å². The Morgan fingerprint density at radius 3 is 2.61 bits per heavy atom. The summed E-state index contributed by atoms with van der Waals surface area (Å²) < 4.78 is 5.59. The van der Waals surface area contributed by atoms with Crippen molar-refractivity contribution in [3.05, 3.63) is 29.3 Å². The van der Waals surface area contributed by atoms with Crippen LogP contribution in [0.5, 0.6) is 0 Å². The SMILES string of the molecule is Cc1ccc(C(=O)N(C)C)cc1NC(=O)[C@@H]1CC[C@H](CN)O1.Cl. The lowest BCUT2D eigenvalue weighted by Gasteiger charge is -2.16. The predicted molar refractivity (Wildman–Crippen MR) is 92.0 cm³/mol. The Bertz CT molecular complexity index is 578. The monoisotopic (exact) mass is 341 g/mol. The number of aryl methyl sites for hydroxylation is 1. The van der Waals surface area contributed by atoms with Crippen molar-refractivity contribution >= 4 is 29.9 Å². The van der Waals surface area contributed by atoms with Crippen molar-refractivity contribution in [3.63, 3.8) is 0 Å². The number of amides is 2. The summed E-state index contributed by atoms with van der Waals surface area (Å²) >= 11 is 0. The molecule has 2 rings (SSSR count). The molecular weight excluding hydrogens is 318 g/mol. The highest BCUT2D eigenvalue weighted by molar-refractivity contribution is 5.98. The van der Waals surface area contributed by atoms with Gasteiger partial charge in [-0.3, -0.25) is 9.59 Å². The predicted octanol–water partition coefficient (Wildman–Crippen LogP) is 1.56. The maximum absolute atomic E-state index is 12.3. The lowest BCUT2D eigenvalue weighted by atomic mass is 10.1. The molecule has 1 aliphatic rings. The Labute approximate surface area is 142 Å². The van der Waals surface area contributed by atoms with Crippen LogP contribution in [0, 0.1) is 6.92 Å². The first kappa shape index (κ1) is 19.4. The van der Waals surface area contributed by atoms with Gasteiger partial charge in [0, 0.05) is 31.9 Å². The van der Waals surface area contributed by atoms with E-state index in [9.17, 15) is 9.59 Å². The standard InChI is InChI=1S/C16H23N3O3.ClH/c1-10-4-5-11(16(21)19(2)3)8-13(10)18-15(20)14-7-6-12(9-17)22-14;/h4-5,8,12,14H,6-7,9,17H2,1-3H3,(H,18,20);1H/t12-,14+;/m1./s1. The molecule has 1 fully saturated rings. The maximum atomic E-state index is 12.3. The molecule has 2 amide bonds. The zero-order valence-corrected chi connectivity index (χ0v) is 14.5. The Morgan fingerprint density at radius 2 is 2.04 bits per heavy atom. The normalized spacial score (nSPS) is 19.8. The van der Waals surface area contributed by atoms with Gasteiger partial charge in [-0.1, -0.05) is 6.07 Å². The zero-order chi connectivity index (χ0) is 16.3.